The van der Waals surface area contributed by atoms with E-state index < -0.39 is 21.4 Å². The van der Waals surface area contributed by atoms with Gasteiger partial charge in [0.25, 0.3) is 0 Å². The number of ether oxygens (including phenoxy) is 3. The van der Waals surface area contributed by atoms with E-state index in [9.17, 15) is 15.3 Å². The van der Waals surface area contributed by atoms with Crippen molar-refractivity contribution in [2.24, 2.45) is 0 Å². The van der Waals surface area contributed by atoms with Crippen LogP contribution in [0.25, 0.3) is 4.85 Å². The summed E-state index contributed by atoms with van der Waals surface area (Å²) in [6, 6.07) is 38.5. The number of nitrogens with zero attached hydrogens (tertiary/aromatic N) is 2. The third kappa shape index (κ3) is 8.79. The van der Waals surface area contributed by atoms with E-state index in [1.54, 1.807) is 103 Å². The topological polar surface area (TPSA) is 144 Å². The first-order valence-electron chi connectivity index (χ1n) is 17.6. The van der Waals surface area contributed by atoms with Crippen molar-refractivity contribution < 1.29 is 43.2 Å². The summed E-state index contributed by atoms with van der Waals surface area (Å²) in [5, 5.41) is 40.8. The lowest BCUT2D eigenvalue weighted by molar-refractivity contribution is 0.276. The molecule has 56 heavy (non-hydrogen) atoms. The van der Waals surface area contributed by atoms with E-state index in [1.165, 1.54) is 0 Å². The normalized spacial score (nSPS) is 12.5. The lowest BCUT2D eigenvalue weighted by atomic mass is 9.59. The zero-order valence-corrected chi connectivity index (χ0v) is 30.2. The first-order valence-corrected chi connectivity index (χ1v) is 17.6. The molecule has 0 aromatic heterocycles. The summed E-state index contributed by atoms with van der Waals surface area (Å²) in [4.78, 5) is 3.41. The van der Waals surface area contributed by atoms with Crippen LogP contribution in [0, 0.1) is 24.8 Å². The number of hydrogen-bond donors (Lipinski definition) is 3. The Kier molecular flexibility index (Phi) is 11.8. The molecule has 0 radical (unpaired) electrons. The summed E-state index contributed by atoms with van der Waals surface area (Å²) in [5.74, 6) is 3.05. The monoisotopic (exact) mass is 742 g/mol. The standard InChI is InChI=1S/C42H33B3N2O9/c1-28-3-9-34(10-4-28)51-37-15-18-40(30(21-37)25-48)43-54-44(41-19-16-38(22-31(41)26-49)52-35-11-5-29(24-46)6-12-35)56-45(55-43)42-20-17-39(23-32(42)27-50)53-36-13-7-33(47-2)8-14-36/h3-23,48-50H,25-27H2,1H3. The lowest BCUT2D eigenvalue weighted by Crippen LogP contribution is -2.62. The third-order valence-electron chi connectivity index (χ3n) is 9.04. The van der Waals surface area contributed by atoms with Gasteiger partial charge >= 0.3 is 21.4 Å². The van der Waals surface area contributed by atoms with E-state index in [-0.39, 0.29) is 19.8 Å². The number of benzene rings is 6. The second kappa shape index (κ2) is 17.4. The van der Waals surface area contributed by atoms with E-state index in [1.807, 2.05) is 31.2 Å². The molecular weight excluding hydrogens is 709 g/mol. The fourth-order valence-electron chi connectivity index (χ4n) is 6.11. The minimum Gasteiger partial charge on any atom is -0.457 e. The summed E-state index contributed by atoms with van der Waals surface area (Å²) >= 11 is 0. The summed E-state index contributed by atoms with van der Waals surface area (Å²) in [5.41, 5.74) is 5.00. The summed E-state index contributed by atoms with van der Waals surface area (Å²) in [6.07, 6.45) is 0. The first kappa shape index (κ1) is 37.9. The molecule has 0 atom stereocenters. The molecule has 14 heteroatoms. The van der Waals surface area contributed by atoms with Gasteiger partial charge in [-0.15, -0.1) is 0 Å². The number of rotatable bonds is 12. The van der Waals surface area contributed by atoms with Crippen LogP contribution in [0.15, 0.2) is 127 Å². The van der Waals surface area contributed by atoms with Crippen LogP contribution in [0.3, 0.4) is 0 Å². The van der Waals surface area contributed by atoms with E-state index >= 15 is 0 Å². The molecule has 0 bridgehead atoms. The molecule has 6 aromatic carbocycles. The van der Waals surface area contributed by atoms with Gasteiger partial charge in [0.05, 0.1) is 38.0 Å². The van der Waals surface area contributed by atoms with Crippen LogP contribution in [-0.4, -0.2) is 36.7 Å². The van der Waals surface area contributed by atoms with Crippen molar-refractivity contribution in [2.75, 3.05) is 0 Å². The molecule has 274 valence electrons. The Bertz CT molecular complexity index is 2280. The maximum Gasteiger partial charge on any atom is 0.467 e. The van der Waals surface area contributed by atoms with Gasteiger partial charge in [0, 0.05) is 0 Å². The number of hydrogen-bond acceptors (Lipinski definition) is 10. The highest BCUT2D eigenvalue weighted by molar-refractivity contribution is 6.87. The zero-order chi connectivity index (χ0) is 39.0. The van der Waals surface area contributed by atoms with Gasteiger partial charge < -0.3 is 43.2 Å². The zero-order valence-electron chi connectivity index (χ0n) is 30.2. The van der Waals surface area contributed by atoms with Crippen molar-refractivity contribution in [1.82, 2.24) is 0 Å². The molecule has 0 saturated carbocycles. The van der Waals surface area contributed by atoms with E-state index in [0.717, 1.165) is 5.56 Å². The van der Waals surface area contributed by atoms with Gasteiger partial charge in [0.1, 0.15) is 34.5 Å². The second-order valence-electron chi connectivity index (χ2n) is 12.8. The molecule has 1 heterocycles. The van der Waals surface area contributed by atoms with Crippen LogP contribution in [0.5, 0.6) is 34.5 Å². The molecule has 0 aliphatic carbocycles. The lowest BCUT2D eigenvalue weighted by Gasteiger charge is -2.33. The van der Waals surface area contributed by atoms with Crippen LogP contribution in [0.2, 0.25) is 0 Å². The SMILES string of the molecule is [C-]#[N+]c1ccc(Oc2ccc(B3OB(c4ccc(Oc5ccc(C)cc5)cc4CO)OB(c4ccc(Oc5ccc(C#N)cc5)cc4CO)O3)c(CO)c2)cc1. The largest absolute Gasteiger partial charge is 0.467 e. The molecule has 6 aromatic rings. The van der Waals surface area contributed by atoms with Crippen LogP contribution in [-0.2, 0) is 33.5 Å². The number of nitriles is 1. The predicted octanol–water partition coefficient (Wildman–Crippen LogP) is 5.82. The van der Waals surface area contributed by atoms with Gasteiger partial charge in [0.15, 0.2) is 5.69 Å². The van der Waals surface area contributed by atoms with Crippen LogP contribution < -0.4 is 30.6 Å². The molecule has 7 rings (SSSR count). The Morgan fingerprint density at radius 2 is 0.875 bits per heavy atom. The molecule has 0 spiro atoms. The molecule has 0 amide bonds. The molecule has 1 aliphatic heterocycles. The maximum atomic E-state index is 10.5. The summed E-state index contributed by atoms with van der Waals surface area (Å²) in [7, 11) is -3.27. The molecular formula is C42H33B3N2O9. The third-order valence-corrected chi connectivity index (χ3v) is 9.04. The number of aliphatic hydroxyl groups excluding tert-OH is 3. The van der Waals surface area contributed by atoms with Crippen molar-refractivity contribution in [3.8, 4) is 40.6 Å². The minimum atomic E-state index is -1.09. The Balaban J connectivity index is 1.22. The molecule has 11 nitrogen and oxygen atoms in total. The Labute approximate surface area is 325 Å². The predicted molar refractivity (Wildman–Crippen MR) is 212 cm³/mol. The highest BCUT2D eigenvalue weighted by Crippen LogP contribution is 2.28. The average molecular weight is 742 g/mol. The fourth-order valence-corrected chi connectivity index (χ4v) is 6.11. The number of aliphatic hydroxyl groups is 3. The van der Waals surface area contributed by atoms with E-state index in [4.69, 9.17) is 39.8 Å². The van der Waals surface area contributed by atoms with Crippen molar-refractivity contribution in [1.29, 1.82) is 5.26 Å². The van der Waals surface area contributed by atoms with Crippen molar-refractivity contribution >= 4 is 43.4 Å². The van der Waals surface area contributed by atoms with Crippen LogP contribution >= 0.6 is 0 Å². The van der Waals surface area contributed by atoms with Crippen molar-refractivity contribution in [3.05, 3.63) is 167 Å². The highest BCUT2D eigenvalue weighted by Gasteiger charge is 2.45. The van der Waals surface area contributed by atoms with Gasteiger partial charge in [-0.05, 0) is 125 Å². The average Bonchev–Trinajstić information content (AvgIpc) is 3.24. The quantitative estimate of drug-likeness (QED) is 0.104. The van der Waals surface area contributed by atoms with Gasteiger partial charge in [-0.25, -0.2) is 4.85 Å². The molecule has 3 N–H and O–H groups in total. The highest BCUT2D eigenvalue weighted by atomic mass is 16.7. The molecule has 1 saturated heterocycles. The number of aryl methyl sites for hydroxylation is 1. The van der Waals surface area contributed by atoms with Gasteiger partial charge in [-0.3, -0.25) is 0 Å². The second-order valence-corrected chi connectivity index (χ2v) is 12.8. The Morgan fingerprint density at radius 1 is 0.536 bits per heavy atom. The minimum absolute atomic E-state index is 0.353. The van der Waals surface area contributed by atoms with Gasteiger partial charge in [-0.1, -0.05) is 48.0 Å². The molecule has 1 aliphatic rings. The van der Waals surface area contributed by atoms with Gasteiger partial charge in [-0.2, -0.15) is 5.26 Å². The van der Waals surface area contributed by atoms with Gasteiger partial charge in [0.2, 0.25) is 0 Å². The maximum absolute atomic E-state index is 10.5. The van der Waals surface area contributed by atoms with Crippen molar-refractivity contribution in [2.45, 2.75) is 26.7 Å². The fraction of sp³-hybridized carbons (Fsp3) is 0.0952. The van der Waals surface area contributed by atoms with Crippen LogP contribution in [0.1, 0.15) is 27.8 Å². The van der Waals surface area contributed by atoms with E-state index in [0.29, 0.717) is 78.8 Å². The van der Waals surface area contributed by atoms with Crippen LogP contribution in [0.4, 0.5) is 5.69 Å². The molecule has 1 fully saturated rings. The van der Waals surface area contributed by atoms with E-state index in [2.05, 4.69) is 10.9 Å². The summed E-state index contributed by atoms with van der Waals surface area (Å²) in [6.45, 7) is 8.07. The first-order chi connectivity index (χ1) is 27.4. The Morgan fingerprint density at radius 3 is 1.21 bits per heavy atom. The smallest absolute Gasteiger partial charge is 0.457 e. The van der Waals surface area contributed by atoms with Crippen molar-refractivity contribution in [3.63, 3.8) is 0 Å². The summed E-state index contributed by atoms with van der Waals surface area (Å²) < 4.78 is 37.5. The Hall–Kier alpha value is -6.35. The molecule has 0 unspecified atom stereocenters.